The van der Waals surface area contributed by atoms with Crippen molar-refractivity contribution in [3.63, 3.8) is 0 Å². The first kappa shape index (κ1) is 9.86. The second-order valence-corrected chi connectivity index (χ2v) is 3.34. The Balaban J connectivity index is 2.58. The van der Waals surface area contributed by atoms with Gasteiger partial charge < -0.3 is 9.88 Å². The molecular formula is C11H13N3O. The Morgan fingerprint density at radius 1 is 1.40 bits per heavy atom. The average Bonchev–Trinajstić information content (AvgIpc) is 2.28. The predicted octanol–water partition coefficient (Wildman–Crippen LogP) is 0.616. The molecule has 0 spiro atoms. The molecule has 0 amide bonds. The van der Waals surface area contributed by atoms with Crippen molar-refractivity contribution in [1.82, 2.24) is 14.9 Å². The van der Waals surface area contributed by atoms with E-state index in [0.717, 1.165) is 17.6 Å². The third-order valence-electron chi connectivity index (χ3n) is 2.34. The topological polar surface area (TPSA) is 46.9 Å². The summed E-state index contributed by atoms with van der Waals surface area (Å²) in [5.41, 5.74) is 1.69. The number of nitrogens with one attached hydrogen (secondary N) is 1. The average molecular weight is 203 g/mol. The van der Waals surface area contributed by atoms with Crippen LogP contribution >= 0.6 is 0 Å². The molecule has 4 heteroatoms. The van der Waals surface area contributed by atoms with Crippen LogP contribution in [0.1, 0.15) is 0 Å². The molecule has 0 atom stereocenters. The zero-order valence-electron chi connectivity index (χ0n) is 8.60. The van der Waals surface area contributed by atoms with Crippen molar-refractivity contribution in [3.8, 4) is 0 Å². The lowest BCUT2D eigenvalue weighted by molar-refractivity contribution is 0.642. The van der Waals surface area contributed by atoms with Crippen molar-refractivity contribution in [1.29, 1.82) is 0 Å². The summed E-state index contributed by atoms with van der Waals surface area (Å²) in [6, 6.07) is 7.66. The summed E-state index contributed by atoms with van der Waals surface area (Å²) in [5.74, 6) is 0. The smallest absolute Gasteiger partial charge is 0.269 e. The van der Waals surface area contributed by atoms with Crippen LogP contribution in [0.3, 0.4) is 0 Å². The van der Waals surface area contributed by atoms with E-state index < -0.39 is 0 Å². The minimum atomic E-state index is -0.0519. The normalized spacial score (nSPS) is 10.7. The van der Waals surface area contributed by atoms with E-state index in [-0.39, 0.29) is 5.56 Å². The largest absolute Gasteiger partial charge is 0.318 e. The van der Waals surface area contributed by atoms with Gasteiger partial charge in [-0.1, -0.05) is 12.1 Å². The number of aromatic nitrogens is 2. The molecule has 0 radical (unpaired) electrons. The Bertz CT molecular complexity index is 518. The van der Waals surface area contributed by atoms with Crippen LogP contribution in [0.4, 0.5) is 0 Å². The Kier molecular flexibility index (Phi) is 2.78. The van der Waals surface area contributed by atoms with Gasteiger partial charge in [-0.15, -0.1) is 0 Å². The quantitative estimate of drug-likeness (QED) is 0.795. The van der Waals surface area contributed by atoms with Crippen LogP contribution in [0, 0.1) is 0 Å². The van der Waals surface area contributed by atoms with Gasteiger partial charge in [-0.25, -0.2) is 4.98 Å². The molecule has 2 rings (SSSR count). The summed E-state index contributed by atoms with van der Waals surface area (Å²) < 4.78 is 1.73. The van der Waals surface area contributed by atoms with Gasteiger partial charge in [-0.2, -0.15) is 0 Å². The van der Waals surface area contributed by atoms with E-state index in [1.165, 1.54) is 6.20 Å². The fourth-order valence-corrected chi connectivity index (χ4v) is 1.57. The van der Waals surface area contributed by atoms with Crippen LogP contribution in [0.2, 0.25) is 0 Å². The molecule has 0 aliphatic rings. The van der Waals surface area contributed by atoms with Crippen LogP contribution in [-0.4, -0.2) is 23.1 Å². The summed E-state index contributed by atoms with van der Waals surface area (Å²) >= 11 is 0. The summed E-state index contributed by atoms with van der Waals surface area (Å²) in [6.45, 7) is 1.44. The molecule has 0 saturated heterocycles. The van der Waals surface area contributed by atoms with Crippen molar-refractivity contribution < 1.29 is 0 Å². The Morgan fingerprint density at radius 3 is 3.00 bits per heavy atom. The predicted molar refractivity (Wildman–Crippen MR) is 59.9 cm³/mol. The molecule has 0 aliphatic heterocycles. The van der Waals surface area contributed by atoms with Gasteiger partial charge in [0.2, 0.25) is 0 Å². The summed E-state index contributed by atoms with van der Waals surface area (Å²) in [5, 5.41) is 3.03. The lowest BCUT2D eigenvalue weighted by Gasteiger charge is -2.08. The number of rotatable bonds is 3. The van der Waals surface area contributed by atoms with Crippen LogP contribution in [0.25, 0.3) is 11.0 Å². The molecule has 1 aromatic heterocycles. The van der Waals surface area contributed by atoms with Crippen molar-refractivity contribution in [2.24, 2.45) is 0 Å². The molecule has 2 aromatic rings. The van der Waals surface area contributed by atoms with Gasteiger partial charge in [0.25, 0.3) is 5.56 Å². The SMILES string of the molecule is CNCCn1c(=O)cnc2ccccc21. The van der Waals surface area contributed by atoms with Gasteiger partial charge in [-0.05, 0) is 19.2 Å². The molecule has 78 valence electrons. The van der Waals surface area contributed by atoms with Crippen LogP contribution < -0.4 is 10.9 Å². The molecule has 0 fully saturated rings. The second-order valence-electron chi connectivity index (χ2n) is 3.34. The van der Waals surface area contributed by atoms with E-state index in [1.807, 2.05) is 31.3 Å². The minimum absolute atomic E-state index is 0.0519. The van der Waals surface area contributed by atoms with E-state index in [2.05, 4.69) is 10.3 Å². The summed E-state index contributed by atoms with van der Waals surface area (Å²) in [4.78, 5) is 15.7. The maximum atomic E-state index is 11.6. The third kappa shape index (κ3) is 1.89. The van der Waals surface area contributed by atoms with Gasteiger partial charge in [0.05, 0.1) is 17.2 Å². The number of hydrogen-bond acceptors (Lipinski definition) is 3. The molecule has 1 aromatic carbocycles. The number of para-hydroxylation sites is 2. The molecule has 0 saturated carbocycles. The van der Waals surface area contributed by atoms with Crippen LogP contribution in [-0.2, 0) is 6.54 Å². The van der Waals surface area contributed by atoms with Gasteiger partial charge in [0, 0.05) is 13.1 Å². The highest BCUT2D eigenvalue weighted by Crippen LogP contribution is 2.07. The van der Waals surface area contributed by atoms with Gasteiger partial charge in [-0.3, -0.25) is 4.79 Å². The second kappa shape index (κ2) is 4.23. The number of fused-ring (bicyclic) bond motifs is 1. The van der Waals surface area contributed by atoms with E-state index in [4.69, 9.17) is 0 Å². The number of nitrogens with zero attached hydrogens (tertiary/aromatic N) is 2. The fraction of sp³-hybridized carbons (Fsp3) is 0.273. The highest BCUT2D eigenvalue weighted by Gasteiger charge is 2.01. The molecule has 4 nitrogen and oxygen atoms in total. The Hall–Kier alpha value is -1.68. The van der Waals surface area contributed by atoms with E-state index in [0.29, 0.717) is 6.54 Å². The number of likely N-dealkylation sites (N-methyl/N-ethyl adjacent to an activating group) is 1. The van der Waals surface area contributed by atoms with Crippen molar-refractivity contribution in [2.75, 3.05) is 13.6 Å². The third-order valence-corrected chi connectivity index (χ3v) is 2.34. The minimum Gasteiger partial charge on any atom is -0.318 e. The standard InChI is InChI=1S/C11H13N3O/c1-12-6-7-14-10-5-3-2-4-9(10)13-8-11(14)15/h2-5,8,12H,6-7H2,1H3. The van der Waals surface area contributed by atoms with Gasteiger partial charge >= 0.3 is 0 Å². The maximum Gasteiger partial charge on any atom is 0.269 e. The van der Waals surface area contributed by atoms with Gasteiger partial charge in [0.15, 0.2) is 0 Å². The Labute approximate surface area is 87.6 Å². The highest BCUT2D eigenvalue weighted by molar-refractivity contribution is 5.74. The maximum absolute atomic E-state index is 11.6. The molecule has 0 bridgehead atoms. The molecule has 15 heavy (non-hydrogen) atoms. The van der Waals surface area contributed by atoms with E-state index in [1.54, 1.807) is 4.57 Å². The number of benzene rings is 1. The fourth-order valence-electron chi connectivity index (χ4n) is 1.57. The van der Waals surface area contributed by atoms with Gasteiger partial charge in [0.1, 0.15) is 0 Å². The molecule has 0 unspecified atom stereocenters. The van der Waals surface area contributed by atoms with Crippen LogP contribution in [0.5, 0.6) is 0 Å². The zero-order chi connectivity index (χ0) is 10.7. The lowest BCUT2D eigenvalue weighted by atomic mass is 10.3. The van der Waals surface area contributed by atoms with Crippen molar-refractivity contribution in [3.05, 3.63) is 40.8 Å². The van der Waals surface area contributed by atoms with E-state index >= 15 is 0 Å². The van der Waals surface area contributed by atoms with Crippen LogP contribution in [0.15, 0.2) is 35.3 Å². The van der Waals surface area contributed by atoms with Crippen molar-refractivity contribution in [2.45, 2.75) is 6.54 Å². The Morgan fingerprint density at radius 2 is 2.20 bits per heavy atom. The first-order valence-electron chi connectivity index (χ1n) is 4.92. The molecule has 0 aliphatic carbocycles. The molecule has 1 heterocycles. The van der Waals surface area contributed by atoms with Crippen molar-refractivity contribution >= 4 is 11.0 Å². The summed E-state index contributed by atoms with van der Waals surface area (Å²) in [7, 11) is 1.87. The number of hydrogen-bond donors (Lipinski definition) is 1. The molecule has 1 N–H and O–H groups in total. The lowest BCUT2D eigenvalue weighted by Crippen LogP contribution is -2.25. The van der Waals surface area contributed by atoms with E-state index in [9.17, 15) is 4.79 Å². The monoisotopic (exact) mass is 203 g/mol. The summed E-state index contributed by atoms with van der Waals surface area (Å²) in [6.07, 6.45) is 1.37. The zero-order valence-corrected chi connectivity index (χ0v) is 8.60. The highest BCUT2D eigenvalue weighted by atomic mass is 16.1. The molecular weight excluding hydrogens is 190 g/mol. The first-order chi connectivity index (χ1) is 7.33. The first-order valence-corrected chi connectivity index (χ1v) is 4.92.